The molecule has 1 heterocycles. The van der Waals surface area contributed by atoms with Crippen molar-refractivity contribution in [3.8, 4) is 0 Å². The summed E-state index contributed by atoms with van der Waals surface area (Å²) in [5.74, 6) is 0.288. The predicted octanol–water partition coefficient (Wildman–Crippen LogP) is 2.26. The quantitative estimate of drug-likeness (QED) is 0.827. The minimum Gasteiger partial charge on any atom is -0.352 e. The number of pyridine rings is 1. The van der Waals surface area contributed by atoms with E-state index < -0.39 is 5.82 Å². The largest absolute Gasteiger partial charge is 0.352 e. The zero-order chi connectivity index (χ0) is 11.7. The van der Waals surface area contributed by atoms with Crippen LogP contribution in [-0.4, -0.2) is 17.4 Å². The van der Waals surface area contributed by atoms with E-state index in [2.05, 4.69) is 17.2 Å². The van der Waals surface area contributed by atoms with E-state index >= 15 is 0 Å². The van der Waals surface area contributed by atoms with E-state index in [9.17, 15) is 9.18 Å². The minimum absolute atomic E-state index is 0.0303. The fourth-order valence-electron chi connectivity index (χ4n) is 1.58. The van der Waals surface area contributed by atoms with Gasteiger partial charge in [0.15, 0.2) is 0 Å². The summed E-state index contributed by atoms with van der Waals surface area (Å²) >= 11 is 5.71. The maximum atomic E-state index is 12.9. The van der Waals surface area contributed by atoms with Gasteiger partial charge < -0.3 is 5.32 Å². The summed E-state index contributed by atoms with van der Waals surface area (Å²) in [6, 6.07) is 1.10. The van der Waals surface area contributed by atoms with Gasteiger partial charge in [0.2, 0.25) is 0 Å². The standard InChI is InChI=1S/C11H12ClFN2O/c1-6-2-7(6)4-15-11(16)9-3-8(13)5-14-10(9)12/h3,5-7H,2,4H2,1H3,(H,15,16). The summed E-state index contributed by atoms with van der Waals surface area (Å²) in [7, 11) is 0. The number of amides is 1. The van der Waals surface area contributed by atoms with Crippen molar-refractivity contribution in [2.75, 3.05) is 6.54 Å². The van der Waals surface area contributed by atoms with Gasteiger partial charge >= 0.3 is 0 Å². The Morgan fingerprint density at radius 2 is 2.44 bits per heavy atom. The van der Waals surface area contributed by atoms with Crippen LogP contribution >= 0.6 is 11.6 Å². The van der Waals surface area contributed by atoms with Crippen LogP contribution in [0.3, 0.4) is 0 Å². The number of carbonyl (C=O) groups is 1. The van der Waals surface area contributed by atoms with E-state index in [4.69, 9.17) is 11.6 Å². The van der Waals surface area contributed by atoms with Crippen LogP contribution in [0.2, 0.25) is 5.15 Å². The molecule has 0 aliphatic heterocycles. The van der Waals surface area contributed by atoms with Crippen molar-refractivity contribution < 1.29 is 9.18 Å². The van der Waals surface area contributed by atoms with E-state index in [-0.39, 0.29) is 16.6 Å². The molecule has 0 aromatic carbocycles. The van der Waals surface area contributed by atoms with Crippen LogP contribution in [0.5, 0.6) is 0 Å². The van der Waals surface area contributed by atoms with Crippen LogP contribution in [0.15, 0.2) is 12.3 Å². The molecule has 1 aliphatic rings. The van der Waals surface area contributed by atoms with Crippen molar-refractivity contribution in [1.29, 1.82) is 0 Å². The Labute approximate surface area is 98.0 Å². The molecule has 2 unspecified atom stereocenters. The number of nitrogens with zero attached hydrogens (tertiary/aromatic N) is 1. The molecule has 1 saturated carbocycles. The summed E-state index contributed by atoms with van der Waals surface area (Å²) in [5, 5.41) is 2.76. The molecule has 3 nitrogen and oxygen atoms in total. The highest BCUT2D eigenvalue weighted by Gasteiger charge is 2.32. The molecule has 0 spiro atoms. The summed E-state index contributed by atoms with van der Waals surface area (Å²) in [6.07, 6.45) is 2.12. The Hall–Kier alpha value is -1.16. The lowest BCUT2D eigenvalue weighted by molar-refractivity contribution is 0.0950. The minimum atomic E-state index is -0.561. The molecule has 0 saturated heterocycles. The van der Waals surface area contributed by atoms with Gasteiger partial charge in [0.1, 0.15) is 11.0 Å². The average molecular weight is 243 g/mol. The smallest absolute Gasteiger partial charge is 0.254 e. The Balaban J connectivity index is 1.99. The zero-order valence-electron chi connectivity index (χ0n) is 8.84. The summed E-state index contributed by atoms with van der Waals surface area (Å²) < 4.78 is 12.9. The van der Waals surface area contributed by atoms with Crippen molar-refractivity contribution in [2.24, 2.45) is 11.8 Å². The topological polar surface area (TPSA) is 42.0 Å². The van der Waals surface area contributed by atoms with Crippen molar-refractivity contribution in [1.82, 2.24) is 10.3 Å². The van der Waals surface area contributed by atoms with Crippen molar-refractivity contribution in [3.05, 3.63) is 28.8 Å². The van der Waals surface area contributed by atoms with Crippen LogP contribution in [0.4, 0.5) is 4.39 Å². The molecule has 16 heavy (non-hydrogen) atoms. The van der Waals surface area contributed by atoms with Gasteiger partial charge in [-0.05, 0) is 24.3 Å². The monoisotopic (exact) mass is 242 g/mol. The van der Waals surface area contributed by atoms with E-state index in [1.807, 2.05) is 0 Å². The Kier molecular flexibility index (Phi) is 3.10. The Morgan fingerprint density at radius 3 is 3.06 bits per heavy atom. The second-order valence-corrected chi connectivity index (χ2v) is 4.53. The molecule has 1 aromatic rings. The lowest BCUT2D eigenvalue weighted by atomic mass is 10.2. The first-order chi connectivity index (χ1) is 7.58. The van der Waals surface area contributed by atoms with Crippen LogP contribution in [0.25, 0.3) is 0 Å². The molecule has 1 N–H and O–H groups in total. The number of rotatable bonds is 3. The number of nitrogens with one attached hydrogen (secondary N) is 1. The van der Waals surface area contributed by atoms with Crippen molar-refractivity contribution in [2.45, 2.75) is 13.3 Å². The predicted molar refractivity (Wildman–Crippen MR) is 58.8 cm³/mol. The highest BCUT2D eigenvalue weighted by atomic mass is 35.5. The van der Waals surface area contributed by atoms with Crippen LogP contribution in [0.1, 0.15) is 23.7 Å². The summed E-state index contributed by atoms with van der Waals surface area (Å²) in [6.45, 7) is 2.75. The molecule has 86 valence electrons. The third-order valence-electron chi connectivity index (χ3n) is 2.85. The van der Waals surface area contributed by atoms with Crippen LogP contribution < -0.4 is 5.32 Å². The molecular formula is C11H12ClFN2O. The van der Waals surface area contributed by atoms with Gasteiger partial charge in [-0.2, -0.15) is 0 Å². The second kappa shape index (κ2) is 4.37. The van der Waals surface area contributed by atoms with Gasteiger partial charge in [-0.25, -0.2) is 9.37 Å². The number of aromatic nitrogens is 1. The fourth-order valence-corrected chi connectivity index (χ4v) is 1.77. The first-order valence-corrected chi connectivity index (χ1v) is 5.55. The summed E-state index contributed by atoms with van der Waals surface area (Å²) in [4.78, 5) is 15.2. The molecule has 2 rings (SSSR count). The Morgan fingerprint density at radius 1 is 1.75 bits per heavy atom. The third-order valence-corrected chi connectivity index (χ3v) is 3.15. The lowest BCUT2D eigenvalue weighted by Gasteiger charge is -2.05. The van der Waals surface area contributed by atoms with Gasteiger partial charge in [0, 0.05) is 6.54 Å². The highest BCUT2D eigenvalue weighted by molar-refractivity contribution is 6.32. The van der Waals surface area contributed by atoms with Crippen molar-refractivity contribution >= 4 is 17.5 Å². The lowest BCUT2D eigenvalue weighted by Crippen LogP contribution is -2.26. The first-order valence-electron chi connectivity index (χ1n) is 5.17. The fraction of sp³-hybridized carbons (Fsp3) is 0.455. The molecule has 1 aromatic heterocycles. The van der Waals surface area contributed by atoms with Gasteiger partial charge in [-0.3, -0.25) is 4.79 Å². The molecule has 0 bridgehead atoms. The van der Waals surface area contributed by atoms with Crippen molar-refractivity contribution in [3.63, 3.8) is 0 Å². The number of halogens is 2. The molecule has 1 aliphatic carbocycles. The van der Waals surface area contributed by atoms with E-state index in [1.165, 1.54) is 0 Å². The number of hydrogen-bond acceptors (Lipinski definition) is 2. The van der Waals surface area contributed by atoms with Gasteiger partial charge in [0.25, 0.3) is 5.91 Å². The van der Waals surface area contributed by atoms with Gasteiger partial charge in [-0.1, -0.05) is 18.5 Å². The molecule has 0 radical (unpaired) electrons. The normalized spacial score (nSPS) is 22.9. The Bertz CT molecular complexity index is 424. The van der Waals surface area contributed by atoms with E-state index in [0.717, 1.165) is 18.7 Å². The zero-order valence-corrected chi connectivity index (χ0v) is 9.59. The van der Waals surface area contributed by atoms with Crippen LogP contribution in [0, 0.1) is 17.7 Å². The van der Waals surface area contributed by atoms with Crippen LogP contribution in [-0.2, 0) is 0 Å². The van der Waals surface area contributed by atoms with E-state index in [1.54, 1.807) is 0 Å². The second-order valence-electron chi connectivity index (χ2n) is 4.17. The molecule has 1 fully saturated rings. The highest BCUT2D eigenvalue weighted by Crippen LogP contribution is 2.36. The molecule has 2 atom stereocenters. The van der Waals surface area contributed by atoms with Gasteiger partial charge in [0.05, 0.1) is 11.8 Å². The maximum absolute atomic E-state index is 12.9. The van der Waals surface area contributed by atoms with E-state index in [0.29, 0.717) is 18.4 Å². The number of carbonyl (C=O) groups excluding carboxylic acids is 1. The first kappa shape index (κ1) is 11.3. The molecular weight excluding hydrogens is 231 g/mol. The third kappa shape index (κ3) is 2.50. The number of hydrogen-bond donors (Lipinski definition) is 1. The SMILES string of the molecule is CC1CC1CNC(=O)c1cc(F)cnc1Cl. The molecule has 1 amide bonds. The average Bonchev–Trinajstić information content (AvgIpc) is 2.95. The maximum Gasteiger partial charge on any atom is 0.254 e. The summed E-state index contributed by atoms with van der Waals surface area (Å²) in [5.41, 5.74) is 0.0926. The van der Waals surface area contributed by atoms with Gasteiger partial charge in [-0.15, -0.1) is 0 Å². The molecule has 5 heteroatoms.